The summed E-state index contributed by atoms with van der Waals surface area (Å²) in [6.45, 7) is 1.38. The molecule has 70 valence electrons. The molecule has 0 aliphatic rings. The van der Waals surface area contributed by atoms with E-state index in [1.807, 2.05) is 36.4 Å². The minimum absolute atomic E-state index is 0.188. The molecule has 3 heteroatoms. The number of ketones is 1. The second kappa shape index (κ2) is 4.93. The summed E-state index contributed by atoms with van der Waals surface area (Å²) in [6.07, 6.45) is 1.37. The van der Waals surface area contributed by atoms with Gasteiger partial charge >= 0.3 is 0 Å². The number of rotatable bonds is 3. The van der Waals surface area contributed by atoms with Gasteiger partial charge in [-0.3, -0.25) is 9.79 Å². The third-order valence-electron chi connectivity index (χ3n) is 1.71. The van der Waals surface area contributed by atoms with Crippen molar-refractivity contribution in [2.24, 2.45) is 10.9 Å². The predicted molar refractivity (Wildman–Crippen MR) is 54.4 cm³/mol. The molecule has 1 rings (SSSR count). The van der Waals surface area contributed by atoms with E-state index in [9.17, 15) is 4.79 Å². The van der Waals surface area contributed by atoms with E-state index in [0.29, 0.717) is 0 Å². The summed E-state index contributed by atoms with van der Waals surface area (Å²) in [7, 11) is 0. The van der Waals surface area contributed by atoms with Crippen molar-refractivity contribution in [3.05, 3.63) is 30.3 Å². The molecule has 0 radical (unpaired) electrons. The smallest absolute Gasteiger partial charge is 0.152 e. The highest BCUT2D eigenvalue weighted by Gasteiger charge is 2.08. The molecule has 0 saturated carbocycles. The molecule has 3 nitrogen and oxygen atoms in total. The van der Waals surface area contributed by atoms with Gasteiger partial charge in [0.25, 0.3) is 0 Å². The lowest BCUT2D eigenvalue weighted by atomic mass is 10.1. The molecule has 1 aromatic rings. The van der Waals surface area contributed by atoms with Crippen molar-refractivity contribution >= 4 is 17.7 Å². The number of nitrogens with zero attached hydrogens (tertiary/aromatic N) is 2. The SMILES string of the molecule is CC(=O)C(C#N)C=Nc1ccccc1. The van der Waals surface area contributed by atoms with Crippen LogP contribution in [-0.4, -0.2) is 12.0 Å². The van der Waals surface area contributed by atoms with Crippen molar-refractivity contribution in [2.75, 3.05) is 0 Å². The highest BCUT2D eigenvalue weighted by molar-refractivity contribution is 5.96. The summed E-state index contributed by atoms with van der Waals surface area (Å²) in [6, 6.07) is 11.1. The van der Waals surface area contributed by atoms with Gasteiger partial charge in [0, 0.05) is 6.21 Å². The highest BCUT2D eigenvalue weighted by Crippen LogP contribution is 2.09. The Morgan fingerprint density at radius 3 is 2.64 bits per heavy atom. The number of carbonyl (C=O) groups excluding carboxylic acids is 1. The molecule has 0 amide bonds. The Morgan fingerprint density at radius 2 is 2.14 bits per heavy atom. The summed E-state index contributed by atoms with van der Waals surface area (Å²) in [5.41, 5.74) is 0.744. The molecule has 0 heterocycles. The zero-order chi connectivity index (χ0) is 10.4. The summed E-state index contributed by atoms with van der Waals surface area (Å²) >= 11 is 0. The fraction of sp³-hybridized carbons (Fsp3) is 0.182. The monoisotopic (exact) mass is 186 g/mol. The summed E-state index contributed by atoms with van der Waals surface area (Å²) in [5.74, 6) is -0.928. The molecule has 0 spiro atoms. The minimum Gasteiger partial charge on any atom is -0.298 e. The number of carbonyl (C=O) groups is 1. The normalized spacial score (nSPS) is 12.3. The van der Waals surface area contributed by atoms with Gasteiger partial charge in [0.2, 0.25) is 0 Å². The van der Waals surface area contributed by atoms with E-state index in [1.165, 1.54) is 13.1 Å². The van der Waals surface area contributed by atoms with Gasteiger partial charge in [-0.25, -0.2) is 0 Å². The third kappa shape index (κ3) is 2.83. The molecule has 1 unspecified atom stereocenters. The number of aliphatic imine (C=N–C) groups is 1. The first-order valence-corrected chi connectivity index (χ1v) is 4.23. The van der Waals surface area contributed by atoms with E-state index in [4.69, 9.17) is 5.26 Å². The van der Waals surface area contributed by atoms with E-state index >= 15 is 0 Å². The zero-order valence-electron chi connectivity index (χ0n) is 7.84. The van der Waals surface area contributed by atoms with E-state index < -0.39 is 5.92 Å². The average Bonchev–Trinajstić information content (AvgIpc) is 2.20. The predicted octanol–water partition coefficient (Wildman–Crippen LogP) is 2.12. The Bertz CT molecular complexity index is 376. The number of hydrogen-bond donors (Lipinski definition) is 0. The van der Waals surface area contributed by atoms with E-state index in [1.54, 1.807) is 0 Å². The Balaban J connectivity index is 2.74. The quantitative estimate of drug-likeness (QED) is 0.679. The van der Waals surface area contributed by atoms with Crippen LogP contribution in [0.5, 0.6) is 0 Å². The number of para-hydroxylation sites is 1. The van der Waals surface area contributed by atoms with Crippen LogP contribution in [-0.2, 0) is 4.79 Å². The van der Waals surface area contributed by atoms with Crippen LogP contribution in [0.3, 0.4) is 0 Å². The summed E-state index contributed by atoms with van der Waals surface area (Å²) < 4.78 is 0. The van der Waals surface area contributed by atoms with Gasteiger partial charge in [-0.1, -0.05) is 18.2 Å². The van der Waals surface area contributed by atoms with E-state index in [2.05, 4.69) is 4.99 Å². The molecule has 0 fully saturated rings. The topological polar surface area (TPSA) is 53.2 Å². The number of Topliss-reactive ketones (excluding diaryl/α,β-unsaturated/α-hetero) is 1. The maximum atomic E-state index is 10.9. The Kier molecular flexibility index (Phi) is 3.57. The Hall–Kier alpha value is -1.95. The maximum absolute atomic E-state index is 10.9. The van der Waals surface area contributed by atoms with Gasteiger partial charge in [0.05, 0.1) is 11.8 Å². The van der Waals surface area contributed by atoms with Gasteiger partial charge in [0.15, 0.2) is 5.78 Å². The standard InChI is InChI=1S/C11H10N2O/c1-9(14)10(7-12)8-13-11-5-3-2-4-6-11/h2-6,8,10H,1H3. The number of benzene rings is 1. The average molecular weight is 186 g/mol. The van der Waals surface area contributed by atoms with Crippen LogP contribution in [0.1, 0.15) is 6.92 Å². The summed E-state index contributed by atoms with van der Waals surface area (Å²) in [5, 5.41) is 8.61. The molecule has 0 aliphatic heterocycles. The second-order valence-corrected chi connectivity index (χ2v) is 2.83. The van der Waals surface area contributed by atoms with Crippen molar-refractivity contribution in [3.8, 4) is 6.07 Å². The van der Waals surface area contributed by atoms with E-state index in [0.717, 1.165) is 5.69 Å². The lowest BCUT2D eigenvalue weighted by molar-refractivity contribution is -0.117. The molecule has 0 aromatic heterocycles. The zero-order valence-corrected chi connectivity index (χ0v) is 7.84. The van der Waals surface area contributed by atoms with Gasteiger partial charge in [-0.2, -0.15) is 5.26 Å². The fourth-order valence-electron chi connectivity index (χ4n) is 0.904. The molecule has 1 atom stereocenters. The number of nitriles is 1. The largest absolute Gasteiger partial charge is 0.298 e. The van der Waals surface area contributed by atoms with Crippen LogP contribution in [0.4, 0.5) is 5.69 Å². The number of hydrogen-bond acceptors (Lipinski definition) is 3. The summed E-state index contributed by atoms with van der Waals surface area (Å²) in [4.78, 5) is 14.9. The first kappa shape index (κ1) is 10.1. The van der Waals surface area contributed by atoms with Crippen LogP contribution >= 0.6 is 0 Å². The van der Waals surface area contributed by atoms with Gasteiger partial charge in [-0.15, -0.1) is 0 Å². The van der Waals surface area contributed by atoms with Crippen molar-refractivity contribution in [3.63, 3.8) is 0 Å². The molecule has 14 heavy (non-hydrogen) atoms. The molecule has 0 N–H and O–H groups in total. The van der Waals surface area contributed by atoms with E-state index in [-0.39, 0.29) is 5.78 Å². The lowest BCUT2D eigenvalue weighted by Gasteiger charge is -1.95. The Morgan fingerprint density at radius 1 is 1.50 bits per heavy atom. The lowest BCUT2D eigenvalue weighted by Crippen LogP contribution is -2.08. The van der Waals surface area contributed by atoms with Crippen molar-refractivity contribution < 1.29 is 4.79 Å². The molecular formula is C11H10N2O. The highest BCUT2D eigenvalue weighted by atomic mass is 16.1. The van der Waals surface area contributed by atoms with Crippen LogP contribution in [0.15, 0.2) is 35.3 Å². The molecule has 0 aliphatic carbocycles. The molecule has 0 saturated heterocycles. The van der Waals surface area contributed by atoms with Crippen LogP contribution in [0, 0.1) is 17.2 Å². The maximum Gasteiger partial charge on any atom is 0.152 e. The third-order valence-corrected chi connectivity index (χ3v) is 1.71. The Labute approximate surface area is 82.7 Å². The first-order valence-electron chi connectivity index (χ1n) is 4.23. The van der Waals surface area contributed by atoms with Crippen molar-refractivity contribution in [2.45, 2.75) is 6.92 Å². The van der Waals surface area contributed by atoms with Crippen LogP contribution in [0.25, 0.3) is 0 Å². The second-order valence-electron chi connectivity index (χ2n) is 2.83. The van der Waals surface area contributed by atoms with Gasteiger partial charge in [0.1, 0.15) is 5.92 Å². The minimum atomic E-state index is -0.741. The van der Waals surface area contributed by atoms with Gasteiger partial charge in [-0.05, 0) is 19.1 Å². The first-order chi connectivity index (χ1) is 6.74. The van der Waals surface area contributed by atoms with Crippen molar-refractivity contribution in [1.29, 1.82) is 5.26 Å². The van der Waals surface area contributed by atoms with Crippen molar-refractivity contribution in [1.82, 2.24) is 0 Å². The molecule has 0 bridgehead atoms. The molecule has 1 aromatic carbocycles. The van der Waals surface area contributed by atoms with Crippen LogP contribution in [0.2, 0.25) is 0 Å². The fourth-order valence-corrected chi connectivity index (χ4v) is 0.904. The molecular weight excluding hydrogens is 176 g/mol. The van der Waals surface area contributed by atoms with Crippen LogP contribution < -0.4 is 0 Å². The van der Waals surface area contributed by atoms with Gasteiger partial charge < -0.3 is 0 Å².